The van der Waals surface area contributed by atoms with E-state index in [0.29, 0.717) is 5.56 Å². The van der Waals surface area contributed by atoms with Crippen LogP contribution < -0.4 is 16.0 Å². The second-order valence-corrected chi connectivity index (χ2v) is 8.19. The smallest absolute Gasteiger partial charge is 0.471 e. The summed E-state index contributed by atoms with van der Waals surface area (Å²) in [5.41, 5.74) is 0.477. The minimum atomic E-state index is -5.21. The molecule has 0 aliphatic carbocycles. The van der Waals surface area contributed by atoms with Crippen molar-refractivity contribution in [1.82, 2.24) is 16.0 Å². The normalized spacial score (nSPS) is 14.3. The van der Waals surface area contributed by atoms with E-state index in [0.717, 1.165) is 0 Å². The molecule has 184 valence electrons. The summed E-state index contributed by atoms with van der Waals surface area (Å²) in [6, 6.07) is 1.35. The van der Waals surface area contributed by atoms with Crippen LogP contribution in [0.25, 0.3) is 0 Å². The maximum Gasteiger partial charge on any atom is 0.471 e. The highest BCUT2D eigenvalue weighted by Crippen LogP contribution is 2.16. The van der Waals surface area contributed by atoms with Crippen LogP contribution >= 0.6 is 0 Å². The van der Waals surface area contributed by atoms with E-state index in [1.807, 2.05) is 0 Å². The molecular formula is C21H28F3N3O6. The van der Waals surface area contributed by atoms with Crippen LogP contribution in [-0.2, 0) is 25.6 Å². The predicted octanol–water partition coefficient (Wildman–Crippen LogP) is 1.35. The van der Waals surface area contributed by atoms with Gasteiger partial charge in [-0.25, -0.2) is 4.79 Å². The van der Waals surface area contributed by atoms with Gasteiger partial charge in [-0.05, 0) is 29.5 Å². The fourth-order valence-electron chi connectivity index (χ4n) is 2.86. The minimum absolute atomic E-state index is 0.0516. The number of phenols is 1. The van der Waals surface area contributed by atoms with Crippen molar-refractivity contribution in [3.63, 3.8) is 0 Å². The van der Waals surface area contributed by atoms with E-state index in [1.54, 1.807) is 19.2 Å². The first-order valence-electron chi connectivity index (χ1n) is 10.1. The molecule has 3 atom stereocenters. The summed E-state index contributed by atoms with van der Waals surface area (Å²) in [5, 5.41) is 25.0. The zero-order valence-corrected chi connectivity index (χ0v) is 18.6. The van der Waals surface area contributed by atoms with Gasteiger partial charge in [0.25, 0.3) is 0 Å². The first-order chi connectivity index (χ1) is 15.1. The molecule has 0 aromatic heterocycles. The highest BCUT2D eigenvalue weighted by Gasteiger charge is 2.42. The molecule has 0 unspecified atom stereocenters. The largest absolute Gasteiger partial charge is 0.508 e. The van der Waals surface area contributed by atoms with Crippen molar-refractivity contribution in [2.45, 2.75) is 58.4 Å². The first-order valence-corrected chi connectivity index (χ1v) is 10.1. The van der Waals surface area contributed by atoms with Gasteiger partial charge in [0.2, 0.25) is 11.8 Å². The first kappa shape index (κ1) is 27.7. The average Bonchev–Trinajstić information content (AvgIpc) is 2.69. The molecule has 9 nitrogen and oxygen atoms in total. The Hall–Kier alpha value is -3.31. The van der Waals surface area contributed by atoms with Crippen molar-refractivity contribution in [3.05, 3.63) is 29.8 Å². The Morgan fingerprint density at radius 2 is 1.36 bits per heavy atom. The van der Waals surface area contributed by atoms with Gasteiger partial charge in [-0.15, -0.1) is 0 Å². The number of halogens is 3. The standard InChI is InChI=1S/C21H28F3N3O6/c1-10(2)15(27-20(33)21(22,23)24)18(30)25-14(9-12-5-7-13(28)8-6-12)17(29)26-16(11(3)4)19(31)32/h5-8,10-11,14-16,28H,9H2,1-4H3,(H,25,30)(H,26,29)(H,27,33)(H,31,32)/t14-,15+,16-/m0/s1. The van der Waals surface area contributed by atoms with Crippen LogP contribution in [0, 0.1) is 11.8 Å². The van der Waals surface area contributed by atoms with Crippen molar-refractivity contribution in [2.24, 2.45) is 11.8 Å². The zero-order chi connectivity index (χ0) is 25.5. The molecule has 0 fully saturated rings. The lowest BCUT2D eigenvalue weighted by atomic mass is 9.99. The second-order valence-electron chi connectivity index (χ2n) is 8.19. The van der Waals surface area contributed by atoms with E-state index < -0.39 is 59.8 Å². The number of amides is 3. The molecular weight excluding hydrogens is 447 g/mol. The van der Waals surface area contributed by atoms with Crippen LogP contribution in [0.3, 0.4) is 0 Å². The van der Waals surface area contributed by atoms with Crippen LogP contribution in [0.4, 0.5) is 13.2 Å². The SMILES string of the molecule is CC(C)[C@H](NC(=O)[C@H](Cc1ccc(O)cc1)NC(=O)[C@H](NC(=O)C(F)(F)F)C(C)C)C(=O)O. The highest BCUT2D eigenvalue weighted by atomic mass is 19.4. The lowest BCUT2D eigenvalue weighted by molar-refractivity contribution is -0.175. The van der Waals surface area contributed by atoms with Crippen molar-refractivity contribution >= 4 is 23.7 Å². The van der Waals surface area contributed by atoms with Gasteiger partial charge in [0.15, 0.2) is 0 Å². The van der Waals surface area contributed by atoms with Crippen molar-refractivity contribution in [3.8, 4) is 5.75 Å². The second kappa shape index (κ2) is 11.5. The van der Waals surface area contributed by atoms with Gasteiger partial charge >= 0.3 is 18.1 Å². The Morgan fingerprint density at radius 1 is 0.848 bits per heavy atom. The van der Waals surface area contributed by atoms with Gasteiger partial charge in [-0.1, -0.05) is 39.8 Å². The molecule has 33 heavy (non-hydrogen) atoms. The van der Waals surface area contributed by atoms with Crippen molar-refractivity contribution in [2.75, 3.05) is 0 Å². The Morgan fingerprint density at radius 3 is 1.79 bits per heavy atom. The third kappa shape index (κ3) is 8.62. The summed E-state index contributed by atoms with van der Waals surface area (Å²) in [4.78, 5) is 48.4. The molecule has 1 aromatic carbocycles. The van der Waals surface area contributed by atoms with Crippen LogP contribution in [-0.4, -0.2) is 58.2 Å². The van der Waals surface area contributed by atoms with E-state index >= 15 is 0 Å². The summed E-state index contributed by atoms with van der Waals surface area (Å²) >= 11 is 0. The molecule has 1 rings (SSSR count). The molecule has 0 radical (unpaired) electrons. The fraction of sp³-hybridized carbons (Fsp3) is 0.524. The molecule has 3 amide bonds. The molecule has 0 bridgehead atoms. The lowest BCUT2D eigenvalue weighted by Crippen LogP contribution is -2.59. The van der Waals surface area contributed by atoms with Crippen molar-refractivity contribution < 1.29 is 42.6 Å². The number of hydrogen-bond donors (Lipinski definition) is 5. The van der Waals surface area contributed by atoms with Gasteiger partial charge in [-0.2, -0.15) is 13.2 Å². The molecule has 0 heterocycles. The molecule has 0 spiro atoms. The number of nitrogens with one attached hydrogen (secondary N) is 3. The quantitative estimate of drug-likeness (QED) is 0.345. The molecule has 5 N–H and O–H groups in total. The van der Waals surface area contributed by atoms with Gasteiger partial charge in [0, 0.05) is 6.42 Å². The van der Waals surface area contributed by atoms with Crippen LogP contribution in [0.1, 0.15) is 33.3 Å². The van der Waals surface area contributed by atoms with E-state index in [-0.39, 0.29) is 12.2 Å². The third-order valence-electron chi connectivity index (χ3n) is 4.73. The van der Waals surface area contributed by atoms with E-state index in [2.05, 4.69) is 10.6 Å². The number of carbonyl (C=O) groups excluding carboxylic acids is 3. The van der Waals surface area contributed by atoms with Gasteiger partial charge < -0.3 is 26.2 Å². The predicted molar refractivity (Wildman–Crippen MR) is 111 cm³/mol. The average molecular weight is 475 g/mol. The number of benzene rings is 1. The highest BCUT2D eigenvalue weighted by molar-refractivity contribution is 5.94. The summed E-state index contributed by atoms with van der Waals surface area (Å²) < 4.78 is 38.0. The maximum atomic E-state index is 12.8. The summed E-state index contributed by atoms with van der Waals surface area (Å²) in [5.74, 6) is -6.82. The van der Waals surface area contributed by atoms with E-state index in [4.69, 9.17) is 0 Å². The Kier molecular flexibility index (Phi) is 9.68. The number of alkyl halides is 3. The number of hydrogen-bond acceptors (Lipinski definition) is 5. The van der Waals surface area contributed by atoms with Crippen LogP contribution in [0.15, 0.2) is 24.3 Å². The summed E-state index contributed by atoms with van der Waals surface area (Å²) in [6.45, 7) is 5.95. The number of carbonyl (C=O) groups is 4. The lowest BCUT2D eigenvalue weighted by Gasteiger charge is -2.27. The minimum Gasteiger partial charge on any atom is -0.508 e. The zero-order valence-electron chi connectivity index (χ0n) is 18.6. The number of aromatic hydroxyl groups is 1. The van der Waals surface area contributed by atoms with E-state index in [1.165, 1.54) is 38.1 Å². The Labute approximate surface area is 188 Å². The molecule has 0 saturated carbocycles. The van der Waals surface area contributed by atoms with Gasteiger partial charge in [0.05, 0.1) is 0 Å². The van der Waals surface area contributed by atoms with Gasteiger partial charge in [-0.3, -0.25) is 14.4 Å². The van der Waals surface area contributed by atoms with E-state index in [9.17, 15) is 42.6 Å². The number of rotatable bonds is 10. The van der Waals surface area contributed by atoms with Gasteiger partial charge in [0.1, 0.15) is 23.9 Å². The molecule has 12 heteroatoms. The fourth-order valence-corrected chi connectivity index (χ4v) is 2.86. The topological polar surface area (TPSA) is 145 Å². The summed E-state index contributed by atoms with van der Waals surface area (Å²) in [7, 11) is 0. The van der Waals surface area contributed by atoms with Crippen LogP contribution in [0.2, 0.25) is 0 Å². The number of aliphatic carboxylic acids is 1. The summed E-state index contributed by atoms with van der Waals surface area (Å²) in [6.07, 6.45) is -5.36. The number of carboxylic acids is 1. The number of phenolic OH excluding ortho intramolecular Hbond substituents is 1. The molecule has 0 aliphatic rings. The van der Waals surface area contributed by atoms with Crippen molar-refractivity contribution in [1.29, 1.82) is 0 Å². The molecule has 0 aliphatic heterocycles. The number of carboxylic acid groups (broad SMARTS) is 1. The monoisotopic (exact) mass is 475 g/mol. The van der Waals surface area contributed by atoms with Crippen LogP contribution in [0.5, 0.6) is 5.75 Å². The molecule has 0 saturated heterocycles. The molecule has 1 aromatic rings. The maximum absolute atomic E-state index is 12.8. The Balaban J connectivity index is 3.16. The third-order valence-corrected chi connectivity index (χ3v) is 4.73. The Bertz CT molecular complexity index is 856.